The Morgan fingerprint density at radius 1 is 1.08 bits per heavy atom. The Bertz CT molecular complexity index is 1720. The number of halogens is 1. The van der Waals surface area contributed by atoms with Crippen LogP contribution in [0.25, 0.3) is 0 Å². The molecule has 6 rings (SSSR count). The molecule has 0 saturated carbocycles. The van der Waals surface area contributed by atoms with Crippen LogP contribution in [0.4, 0.5) is 14.9 Å². The molecule has 3 aliphatic rings. The third-order valence-electron chi connectivity index (χ3n) is 9.42. The van der Waals surface area contributed by atoms with Gasteiger partial charge in [-0.2, -0.15) is 0 Å². The van der Waals surface area contributed by atoms with E-state index in [9.17, 15) is 23.9 Å². The van der Waals surface area contributed by atoms with Crippen molar-refractivity contribution in [2.24, 2.45) is 0 Å². The van der Waals surface area contributed by atoms with Crippen LogP contribution in [-0.2, 0) is 21.5 Å². The smallest absolute Gasteiger partial charge is 0.410 e. The molecule has 0 aliphatic carbocycles. The number of ether oxygens (including phenoxy) is 1. The molecule has 1 aromatic heterocycles. The van der Waals surface area contributed by atoms with Crippen molar-refractivity contribution in [2.45, 2.75) is 77.3 Å². The fourth-order valence-electron chi connectivity index (χ4n) is 6.99. The summed E-state index contributed by atoms with van der Waals surface area (Å²) < 4.78 is 19.3. The average Bonchev–Trinajstić information content (AvgIpc) is 3.49. The molecule has 1 N–H and O–H groups in total. The van der Waals surface area contributed by atoms with E-state index < -0.39 is 29.0 Å². The van der Waals surface area contributed by atoms with Gasteiger partial charge in [0.1, 0.15) is 17.5 Å². The summed E-state index contributed by atoms with van der Waals surface area (Å²) in [5.41, 5.74) is 2.94. The fourth-order valence-corrected chi connectivity index (χ4v) is 6.99. The molecule has 11 heteroatoms. The van der Waals surface area contributed by atoms with E-state index in [1.165, 1.54) is 24.3 Å². The molecule has 3 atom stereocenters. The monoisotopic (exact) mass is 657 g/mol. The minimum absolute atomic E-state index is 0.0619. The van der Waals surface area contributed by atoms with Gasteiger partial charge in [0, 0.05) is 67.5 Å². The van der Waals surface area contributed by atoms with Crippen LogP contribution in [0, 0.1) is 5.82 Å². The fraction of sp³-hybridized carbons (Fsp3) is 0.459. The number of benzene rings is 2. The van der Waals surface area contributed by atoms with Crippen LogP contribution in [0.2, 0.25) is 0 Å². The minimum atomic E-state index is -1.04. The van der Waals surface area contributed by atoms with Crippen molar-refractivity contribution in [1.29, 1.82) is 0 Å². The quantitative estimate of drug-likeness (QED) is 0.403. The van der Waals surface area contributed by atoms with Crippen LogP contribution in [0.3, 0.4) is 0 Å². The number of carbonyl (C=O) groups excluding carboxylic acids is 3. The summed E-state index contributed by atoms with van der Waals surface area (Å²) in [5.74, 6) is -0.599. The number of nitrogens with zero attached hydrogens (tertiary/aromatic N) is 5. The molecule has 254 valence electrons. The van der Waals surface area contributed by atoms with Crippen LogP contribution in [-0.4, -0.2) is 93.1 Å². The number of aliphatic hydroxyl groups excluding tert-OH is 1. The van der Waals surface area contributed by atoms with Crippen LogP contribution in [0.1, 0.15) is 80.4 Å². The van der Waals surface area contributed by atoms with Gasteiger partial charge >= 0.3 is 6.09 Å². The first kappa shape index (κ1) is 33.5. The van der Waals surface area contributed by atoms with Gasteiger partial charge in [-0.1, -0.05) is 44.2 Å². The summed E-state index contributed by atoms with van der Waals surface area (Å²) in [4.78, 5) is 52.9. The highest BCUT2D eigenvalue weighted by molar-refractivity contribution is 5.98. The highest BCUT2D eigenvalue weighted by Gasteiger charge is 2.43. The number of aromatic nitrogens is 1. The van der Waals surface area contributed by atoms with E-state index in [0.717, 1.165) is 11.3 Å². The van der Waals surface area contributed by atoms with E-state index in [4.69, 9.17) is 9.72 Å². The second-order valence-corrected chi connectivity index (χ2v) is 14.9. The number of hydrogen-bond donors (Lipinski definition) is 1. The van der Waals surface area contributed by atoms with E-state index in [0.29, 0.717) is 55.1 Å². The predicted molar refractivity (Wildman–Crippen MR) is 179 cm³/mol. The van der Waals surface area contributed by atoms with Gasteiger partial charge in [0.05, 0.1) is 17.9 Å². The van der Waals surface area contributed by atoms with Crippen LogP contribution in [0.15, 0.2) is 60.8 Å². The number of pyridine rings is 1. The SMILES string of the molecule is C[C@@H]1CN(CC(=O)N2CC(C)(C)c3ncc([C@@H](O)c4ccc(F)cc4)cc32)[C@@H](CN2Cc3ccccc3C2=O)CN1C(=O)OC(C)(C)C. The van der Waals surface area contributed by atoms with Gasteiger partial charge in [0.2, 0.25) is 5.91 Å². The zero-order valence-electron chi connectivity index (χ0n) is 28.4. The molecule has 0 unspecified atom stereocenters. The van der Waals surface area contributed by atoms with Crippen LogP contribution >= 0.6 is 0 Å². The standard InChI is InChI=1S/C37H44FN5O5/c1-23-17-40(28(20-42(23)35(47)48-36(2,3)4)19-41-18-25-9-7-8-10-29(25)34(41)46)21-31(44)43-22-37(5,6)33-30(43)15-26(16-39-33)32(45)24-11-13-27(38)14-12-24/h7-16,23,28,32,45H,17-22H2,1-6H3/t23-,28+,32+/m1/s1. The predicted octanol–water partition coefficient (Wildman–Crippen LogP) is 4.89. The van der Waals surface area contributed by atoms with Gasteiger partial charge < -0.3 is 24.5 Å². The summed E-state index contributed by atoms with van der Waals surface area (Å²) in [6.07, 6.45) is 0.147. The molecule has 3 aromatic rings. The molecule has 0 bridgehead atoms. The number of anilines is 1. The van der Waals surface area contributed by atoms with E-state index >= 15 is 0 Å². The first-order chi connectivity index (χ1) is 22.6. The summed E-state index contributed by atoms with van der Waals surface area (Å²) in [6, 6.07) is 14.4. The molecule has 10 nitrogen and oxygen atoms in total. The number of hydrogen-bond acceptors (Lipinski definition) is 7. The number of aliphatic hydroxyl groups is 1. The van der Waals surface area contributed by atoms with Crippen molar-refractivity contribution >= 4 is 23.6 Å². The Morgan fingerprint density at radius 3 is 2.48 bits per heavy atom. The molecule has 4 heterocycles. The van der Waals surface area contributed by atoms with Crippen LogP contribution < -0.4 is 4.90 Å². The third-order valence-corrected chi connectivity index (χ3v) is 9.42. The van der Waals surface area contributed by atoms with Crippen LogP contribution in [0.5, 0.6) is 0 Å². The lowest BCUT2D eigenvalue weighted by Gasteiger charge is -2.46. The maximum absolute atomic E-state index is 14.3. The van der Waals surface area contributed by atoms with Gasteiger partial charge in [0.25, 0.3) is 5.91 Å². The van der Waals surface area contributed by atoms with Crippen molar-refractivity contribution in [1.82, 2.24) is 19.7 Å². The number of carbonyl (C=O) groups is 3. The minimum Gasteiger partial charge on any atom is -0.444 e. The molecule has 0 spiro atoms. The number of rotatable bonds is 6. The number of fused-ring (bicyclic) bond motifs is 2. The molecule has 48 heavy (non-hydrogen) atoms. The maximum Gasteiger partial charge on any atom is 0.410 e. The van der Waals surface area contributed by atoms with E-state index in [1.807, 2.05) is 65.8 Å². The van der Waals surface area contributed by atoms with Crippen molar-refractivity contribution < 1.29 is 28.6 Å². The Labute approximate surface area is 281 Å². The highest BCUT2D eigenvalue weighted by atomic mass is 19.1. The second-order valence-electron chi connectivity index (χ2n) is 14.9. The molecule has 0 radical (unpaired) electrons. The zero-order valence-corrected chi connectivity index (χ0v) is 28.4. The van der Waals surface area contributed by atoms with Gasteiger partial charge in [0.15, 0.2) is 0 Å². The molecule has 3 amide bonds. The van der Waals surface area contributed by atoms with E-state index in [2.05, 4.69) is 4.90 Å². The second kappa shape index (κ2) is 12.6. The van der Waals surface area contributed by atoms with E-state index in [1.54, 1.807) is 27.0 Å². The van der Waals surface area contributed by atoms with Crippen molar-refractivity contribution in [3.05, 3.63) is 94.6 Å². The molecular weight excluding hydrogens is 613 g/mol. The summed E-state index contributed by atoms with van der Waals surface area (Å²) in [7, 11) is 0. The van der Waals surface area contributed by atoms with E-state index in [-0.39, 0.29) is 30.4 Å². The Balaban J connectivity index is 1.25. The Morgan fingerprint density at radius 2 is 1.79 bits per heavy atom. The zero-order chi connectivity index (χ0) is 34.5. The first-order valence-corrected chi connectivity index (χ1v) is 16.5. The Kier molecular flexibility index (Phi) is 8.80. The Hall–Kier alpha value is -4.35. The number of amides is 3. The maximum atomic E-state index is 14.3. The lowest BCUT2D eigenvalue weighted by atomic mass is 9.90. The van der Waals surface area contributed by atoms with Gasteiger partial charge in [-0.3, -0.25) is 19.5 Å². The molecule has 1 saturated heterocycles. The van der Waals surface area contributed by atoms with Gasteiger partial charge in [-0.15, -0.1) is 0 Å². The lowest BCUT2D eigenvalue weighted by molar-refractivity contribution is -0.121. The number of piperazine rings is 1. The van der Waals surface area contributed by atoms with Gasteiger partial charge in [-0.25, -0.2) is 9.18 Å². The van der Waals surface area contributed by atoms with Crippen molar-refractivity contribution in [3.63, 3.8) is 0 Å². The molecule has 2 aromatic carbocycles. The normalized spacial score (nSPS) is 21.2. The molecule has 1 fully saturated rings. The van der Waals surface area contributed by atoms with Crippen molar-refractivity contribution in [3.8, 4) is 0 Å². The first-order valence-electron chi connectivity index (χ1n) is 16.5. The average molecular weight is 658 g/mol. The third kappa shape index (κ3) is 6.66. The molecule has 3 aliphatic heterocycles. The lowest BCUT2D eigenvalue weighted by Crippen LogP contribution is -2.63. The topological polar surface area (TPSA) is 107 Å². The largest absolute Gasteiger partial charge is 0.444 e. The summed E-state index contributed by atoms with van der Waals surface area (Å²) in [5, 5.41) is 11.1. The van der Waals surface area contributed by atoms with Gasteiger partial charge in [-0.05, 0) is 63.1 Å². The summed E-state index contributed by atoms with van der Waals surface area (Å²) in [6.45, 7) is 13.5. The highest BCUT2D eigenvalue weighted by Crippen LogP contribution is 2.41. The summed E-state index contributed by atoms with van der Waals surface area (Å²) >= 11 is 0. The molecular formula is C37H44FN5O5. The van der Waals surface area contributed by atoms with Crippen molar-refractivity contribution in [2.75, 3.05) is 37.6 Å².